The minimum absolute atomic E-state index is 0.113. The summed E-state index contributed by atoms with van der Waals surface area (Å²) >= 11 is 4.34. The highest BCUT2D eigenvalue weighted by atomic mass is 32.7. The molecule has 2 unspecified atom stereocenters. The first-order valence-corrected chi connectivity index (χ1v) is 18.4. The van der Waals surface area contributed by atoms with Crippen molar-refractivity contribution < 1.29 is 36.9 Å². The number of rotatable bonds is 2. The maximum atomic E-state index is 13.8. The van der Waals surface area contributed by atoms with Gasteiger partial charge in [0.05, 0.1) is 38.1 Å². The van der Waals surface area contributed by atoms with E-state index in [1.165, 1.54) is 23.5 Å². The molecule has 2 aliphatic heterocycles. The van der Waals surface area contributed by atoms with Crippen LogP contribution in [0.4, 0.5) is 11.6 Å². The molecule has 2 bridgehead atoms. The summed E-state index contributed by atoms with van der Waals surface area (Å²) in [5, 5.41) is 0. The van der Waals surface area contributed by atoms with Crippen LogP contribution < -0.4 is 11.5 Å². The third-order valence-corrected chi connectivity index (χ3v) is 12.2. The molecular weight excluding hydrogens is 650 g/mol. The second-order valence-corrected chi connectivity index (χ2v) is 16.4. The van der Waals surface area contributed by atoms with Gasteiger partial charge in [0, 0.05) is 23.3 Å². The van der Waals surface area contributed by atoms with Gasteiger partial charge in [-0.25, -0.2) is 39.0 Å². The SMILES string of the molecule is C[C@H]1[C@H]2OP(=O)(O)OCC34C[C@@H]3[C@@H](n3cnc5c(N)ncnc53)[C@H](C)[C@@H]4O[P@@](=O)(S)OC[C@H]1O[C@H]2n1cnc2c(N)ncnc21. The van der Waals surface area contributed by atoms with E-state index in [1.807, 2.05) is 11.5 Å². The van der Waals surface area contributed by atoms with Gasteiger partial charge in [-0.05, 0) is 12.3 Å². The van der Waals surface area contributed by atoms with E-state index in [-0.39, 0.29) is 42.7 Å². The molecule has 6 heterocycles. The molecule has 21 heteroatoms. The molecule has 5 N–H and O–H groups in total. The third kappa shape index (κ3) is 4.63. The van der Waals surface area contributed by atoms with E-state index in [2.05, 4.69) is 42.2 Å². The van der Waals surface area contributed by atoms with Gasteiger partial charge in [0.15, 0.2) is 29.2 Å². The predicted octanol–water partition coefficient (Wildman–Crippen LogP) is 2.52. The molecule has 18 nitrogen and oxygen atoms in total. The molecule has 45 heavy (non-hydrogen) atoms. The highest BCUT2D eigenvalue weighted by molar-refractivity contribution is 8.44. The summed E-state index contributed by atoms with van der Waals surface area (Å²) in [6.45, 7) is -0.726. The maximum absolute atomic E-state index is 13.8. The van der Waals surface area contributed by atoms with Gasteiger partial charge in [-0.3, -0.25) is 22.7 Å². The Hall–Kier alpha value is -2.73. The van der Waals surface area contributed by atoms with Crippen molar-refractivity contribution in [3.8, 4) is 0 Å². The molecule has 4 fully saturated rings. The largest absolute Gasteiger partial charge is 0.472 e. The molecule has 1 spiro atoms. The molecule has 4 aliphatic rings. The number of thiol groups is 1. The van der Waals surface area contributed by atoms with Crippen LogP contribution in [-0.2, 0) is 32.0 Å². The van der Waals surface area contributed by atoms with Crippen molar-refractivity contribution >= 4 is 60.8 Å². The number of anilines is 2. The van der Waals surface area contributed by atoms with E-state index in [1.54, 1.807) is 13.3 Å². The molecule has 2 saturated heterocycles. The zero-order valence-corrected chi connectivity index (χ0v) is 26.6. The lowest BCUT2D eigenvalue weighted by molar-refractivity contribution is -0.0534. The molecule has 11 atom stereocenters. The fourth-order valence-electron chi connectivity index (χ4n) is 7.39. The number of ether oxygens (including phenoxy) is 1. The van der Waals surface area contributed by atoms with Gasteiger partial charge in [-0.2, -0.15) is 0 Å². The van der Waals surface area contributed by atoms with Gasteiger partial charge in [0.25, 0.3) is 0 Å². The van der Waals surface area contributed by atoms with E-state index in [0.717, 1.165) is 0 Å². The summed E-state index contributed by atoms with van der Waals surface area (Å²) in [7, 11) is -4.70. The third-order valence-electron chi connectivity index (χ3n) is 9.64. The van der Waals surface area contributed by atoms with Crippen LogP contribution in [0, 0.1) is 23.2 Å². The summed E-state index contributed by atoms with van der Waals surface area (Å²) in [6, 6.07) is -0.244. The van der Waals surface area contributed by atoms with Gasteiger partial charge in [-0.1, -0.05) is 26.1 Å². The molecule has 240 valence electrons. The zero-order valence-electron chi connectivity index (χ0n) is 23.9. The van der Waals surface area contributed by atoms with E-state index < -0.39 is 50.5 Å². The Balaban J connectivity index is 1.14. The fraction of sp³-hybridized carbons (Fsp3) is 0.583. The molecule has 2 aliphatic carbocycles. The molecular formula is C24H30N10O8P2S. The summed E-state index contributed by atoms with van der Waals surface area (Å²) < 4.78 is 60.6. The van der Waals surface area contributed by atoms with Crippen LogP contribution in [0.15, 0.2) is 25.3 Å². The van der Waals surface area contributed by atoms with Crippen LogP contribution in [0.5, 0.6) is 0 Å². The van der Waals surface area contributed by atoms with Crippen molar-refractivity contribution in [2.24, 2.45) is 23.2 Å². The average molecular weight is 681 g/mol. The molecule has 0 aromatic carbocycles. The summed E-state index contributed by atoms with van der Waals surface area (Å²) in [4.78, 5) is 36.4. The molecule has 4 aromatic rings. The topological polar surface area (TPSA) is 240 Å². The summed E-state index contributed by atoms with van der Waals surface area (Å²) in [5.41, 5.74) is 12.8. The van der Waals surface area contributed by atoms with Gasteiger partial charge in [0.2, 0.25) is 0 Å². The molecule has 0 amide bonds. The van der Waals surface area contributed by atoms with E-state index in [0.29, 0.717) is 28.7 Å². The van der Waals surface area contributed by atoms with Crippen LogP contribution in [0.3, 0.4) is 0 Å². The number of hydrogen-bond acceptors (Lipinski definition) is 15. The van der Waals surface area contributed by atoms with Gasteiger partial charge < -0.3 is 25.7 Å². The smallest absolute Gasteiger partial charge is 0.382 e. The Bertz CT molecular complexity index is 1930. The zero-order chi connectivity index (χ0) is 31.5. The van der Waals surface area contributed by atoms with Crippen LogP contribution >= 0.6 is 26.9 Å². The highest BCUT2D eigenvalue weighted by Crippen LogP contribution is 2.74. The van der Waals surface area contributed by atoms with Crippen molar-refractivity contribution in [1.29, 1.82) is 0 Å². The minimum Gasteiger partial charge on any atom is -0.382 e. The number of aromatic nitrogens is 8. The van der Waals surface area contributed by atoms with E-state index in [4.69, 9.17) is 34.3 Å². The minimum atomic E-state index is -4.70. The van der Waals surface area contributed by atoms with Gasteiger partial charge >= 0.3 is 14.6 Å². The van der Waals surface area contributed by atoms with Crippen molar-refractivity contribution in [3.63, 3.8) is 0 Å². The Morgan fingerprint density at radius 1 is 0.933 bits per heavy atom. The summed E-state index contributed by atoms with van der Waals surface area (Å²) in [5.74, 6) is -0.534. The number of phosphoric ester groups is 1. The number of fused-ring (bicyclic) bond motifs is 4. The Morgan fingerprint density at radius 3 is 2.27 bits per heavy atom. The number of imidazole rings is 2. The quantitative estimate of drug-likeness (QED) is 0.176. The van der Waals surface area contributed by atoms with Gasteiger partial charge in [0.1, 0.15) is 29.8 Å². The average Bonchev–Trinajstić information content (AvgIpc) is 3.28. The second-order valence-electron chi connectivity index (χ2n) is 12.1. The van der Waals surface area contributed by atoms with Crippen molar-refractivity contribution in [2.45, 2.75) is 50.8 Å². The monoisotopic (exact) mass is 680 g/mol. The van der Waals surface area contributed by atoms with E-state index in [9.17, 15) is 14.0 Å². The first-order valence-electron chi connectivity index (χ1n) is 14.2. The molecule has 2 saturated carbocycles. The van der Waals surface area contributed by atoms with E-state index >= 15 is 0 Å². The Morgan fingerprint density at radius 2 is 1.58 bits per heavy atom. The normalized spacial score (nSPS) is 41.7. The summed E-state index contributed by atoms with van der Waals surface area (Å²) in [6.07, 6.45) is 2.76. The maximum Gasteiger partial charge on any atom is 0.472 e. The lowest BCUT2D eigenvalue weighted by Crippen LogP contribution is -2.32. The fourth-order valence-corrected chi connectivity index (χ4v) is 10.0. The van der Waals surface area contributed by atoms with Crippen LogP contribution in [-0.4, -0.2) is 75.5 Å². The standard InChI is InChI=1S/C24H30N10O8P2S/c1-10-13-4-38-44(37,45)42-18-11(2)16(33-8-31-14-19(25)27-6-29-21(14)33)12-3-24(12,18)5-39-43(35,36)41-17(10)23(40-13)34-9-32-15-20(26)28-7-30-22(15)34/h6-13,16-18,23H,3-5H2,1-2H3,(H,35,36)(H,37,45)(H2,25,27,29)(H2,26,28,30)/t10-,11+,12-,13-,16+,17-,18+,23-,24?,44+/m1/s1. The van der Waals surface area contributed by atoms with Crippen molar-refractivity contribution in [1.82, 2.24) is 39.0 Å². The van der Waals surface area contributed by atoms with Crippen molar-refractivity contribution in [3.05, 3.63) is 25.3 Å². The molecule has 0 radical (unpaired) electrons. The van der Waals surface area contributed by atoms with Crippen molar-refractivity contribution in [2.75, 3.05) is 24.7 Å². The highest BCUT2D eigenvalue weighted by Gasteiger charge is 2.73. The first-order chi connectivity index (χ1) is 21.4. The number of nitrogen functional groups attached to an aromatic ring is 2. The molecule has 4 aromatic heterocycles. The second kappa shape index (κ2) is 10.1. The first kappa shape index (κ1) is 29.7. The number of phosphoric acid groups is 1. The number of nitrogens with zero attached hydrogens (tertiary/aromatic N) is 8. The Kier molecular flexibility index (Phi) is 6.68. The van der Waals surface area contributed by atoms with Crippen LogP contribution in [0.1, 0.15) is 32.5 Å². The van der Waals surface area contributed by atoms with Crippen LogP contribution in [0.25, 0.3) is 22.3 Å². The lowest BCUT2D eigenvalue weighted by atomic mass is 9.94. The number of hydrogen-bond donors (Lipinski definition) is 4. The predicted molar refractivity (Wildman–Crippen MR) is 159 cm³/mol. The molecule has 8 rings (SSSR count). The van der Waals surface area contributed by atoms with Crippen LogP contribution in [0.2, 0.25) is 0 Å². The Labute approximate surface area is 260 Å². The van der Waals surface area contributed by atoms with Gasteiger partial charge in [-0.15, -0.1) is 0 Å². The number of nitrogens with two attached hydrogens (primary N) is 2. The lowest BCUT2D eigenvalue weighted by Gasteiger charge is -2.31.